The SMILES string of the molecule is OC(c1ccncc1)c1cccc(F)c1. The van der Waals surface area contributed by atoms with Gasteiger partial charge in [0.1, 0.15) is 11.9 Å². The predicted molar refractivity (Wildman–Crippen MR) is 54.7 cm³/mol. The fraction of sp³-hybridized carbons (Fsp3) is 0.0833. The highest BCUT2D eigenvalue weighted by atomic mass is 19.1. The Morgan fingerprint density at radius 2 is 1.80 bits per heavy atom. The average Bonchev–Trinajstić information content (AvgIpc) is 2.29. The van der Waals surface area contributed by atoms with Gasteiger partial charge >= 0.3 is 0 Å². The smallest absolute Gasteiger partial charge is 0.123 e. The molecule has 3 heteroatoms. The molecule has 1 unspecified atom stereocenters. The minimum absolute atomic E-state index is 0.347. The van der Waals surface area contributed by atoms with E-state index in [1.807, 2.05) is 0 Å². The van der Waals surface area contributed by atoms with Gasteiger partial charge in [-0.3, -0.25) is 4.98 Å². The monoisotopic (exact) mass is 203 g/mol. The second-order valence-electron chi connectivity index (χ2n) is 3.24. The fourth-order valence-electron chi connectivity index (χ4n) is 1.41. The highest BCUT2D eigenvalue weighted by Gasteiger charge is 2.09. The number of hydrogen-bond acceptors (Lipinski definition) is 2. The van der Waals surface area contributed by atoms with Gasteiger partial charge in [0.25, 0.3) is 0 Å². The highest BCUT2D eigenvalue weighted by molar-refractivity contribution is 5.28. The van der Waals surface area contributed by atoms with E-state index in [-0.39, 0.29) is 5.82 Å². The predicted octanol–water partition coefficient (Wildman–Crippen LogP) is 2.30. The molecule has 1 aromatic heterocycles. The Hall–Kier alpha value is -1.74. The van der Waals surface area contributed by atoms with Gasteiger partial charge in [-0.25, -0.2) is 4.39 Å². The van der Waals surface area contributed by atoms with E-state index >= 15 is 0 Å². The Morgan fingerprint density at radius 3 is 2.47 bits per heavy atom. The quantitative estimate of drug-likeness (QED) is 0.812. The molecule has 76 valence electrons. The molecule has 0 aliphatic heterocycles. The maximum Gasteiger partial charge on any atom is 0.123 e. The molecule has 0 spiro atoms. The van der Waals surface area contributed by atoms with Crippen molar-refractivity contribution in [2.45, 2.75) is 6.10 Å². The topological polar surface area (TPSA) is 33.1 Å². The zero-order valence-corrected chi connectivity index (χ0v) is 7.97. The molecule has 0 aliphatic carbocycles. The van der Waals surface area contributed by atoms with E-state index in [2.05, 4.69) is 4.98 Å². The second kappa shape index (κ2) is 4.19. The number of aliphatic hydroxyl groups is 1. The molecule has 1 aromatic carbocycles. The first-order valence-electron chi connectivity index (χ1n) is 4.61. The van der Waals surface area contributed by atoms with Crippen LogP contribution in [0.2, 0.25) is 0 Å². The summed E-state index contributed by atoms with van der Waals surface area (Å²) in [5, 5.41) is 9.92. The van der Waals surface area contributed by atoms with E-state index in [0.29, 0.717) is 11.1 Å². The maximum absolute atomic E-state index is 12.9. The molecule has 0 bridgehead atoms. The first-order valence-corrected chi connectivity index (χ1v) is 4.61. The molecule has 1 atom stereocenters. The molecule has 2 nitrogen and oxygen atoms in total. The van der Waals surface area contributed by atoms with Crippen LogP contribution < -0.4 is 0 Å². The molecule has 2 rings (SSSR count). The van der Waals surface area contributed by atoms with Gasteiger partial charge in [0, 0.05) is 12.4 Å². The lowest BCUT2D eigenvalue weighted by atomic mass is 10.0. The van der Waals surface area contributed by atoms with Gasteiger partial charge in [-0.15, -0.1) is 0 Å². The molecule has 0 saturated heterocycles. The van der Waals surface area contributed by atoms with Crippen LogP contribution in [0.4, 0.5) is 4.39 Å². The van der Waals surface area contributed by atoms with Crippen molar-refractivity contribution in [1.29, 1.82) is 0 Å². The lowest BCUT2D eigenvalue weighted by Crippen LogP contribution is -1.99. The summed E-state index contributed by atoms with van der Waals surface area (Å²) in [4.78, 5) is 3.85. The normalized spacial score (nSPS) is 12.4. The minimum atomic E-state index is -0.802. The third-order valence-corrected chi connectivity index (χ3v) is 2.19. The van der Waals surface area contributed by atoms with Crippen LogP contribution in [0.15, 0.2) is 48.8 Å². The Bertz CT molecular complexity index is 444. The lowest BCUT2D eigenvalue weighted by Gasteiger charge is -2.10. The minimum Gasteiger partial charge on any atom is -0.384 e. The van der Waals surface area contributed by atoms with Crippen molar-refractivity contribution >= 4 is 0 Å². The van der Waals surface area contributed by atoms with E-state index in [4.69, 9.17) is 0 Å². The van der Waals surface area contributed by atoms with Crippen LogP contribution in [0.25, 0.3) is 0 Å². The molecule has 2 aromatic rings. The van der Waals surface area contributed by atoms with Crippen LogP contribution in [0, 0.1) is 5.82 Å². The number of rotatable bonds is 2. The Balaban J connectivity index is 2.32. The van der Waals surface area contributed by atoms with Crippen LogP contribution in [-0.2, 0) is 0 Å². The lowest BCUT2D eigenvalue weighted by molar-refractivity contribution is 0.219. The number of nitrogens with zero attached hydrogens (tertiary/aromatic N) is 1. The summed E-state index contributed by atoms with van der Waals surface area (Å²) < 4.78 is 12.9. The molecule has 0 fully saturated rings. The summed E-state index contributed by atoms with van der Waals surface area (Å²) in [6.45, 7) is 0. The van der Waals surface area contributed by atoms with E-state index in [1.165, 1.54) is 12.1 Å². The maximum atomic E-state index is 12.9. The van der Waals surface area contributed by atoms with Crippen molar-refractivity contribution in [3.05, 3.63) is 65.7 Å². The summed E-state index contributed by atoms with van der Waals surface area (Å²) >= 11 is 0. The number of aromatic nitrogens is 1. The molecule has 0 radical (unpaired) electrons. The Morgan fingerprint density at radius 1 is 1.07 bits per heavy atom. The van der Waals surface area contributed by atoms with Crippen molar-refractivity contribution < 1.29 is 9.50 Å². The third kappa shape index (κ3) is 2.19. The van der Waals surface area contributed by atoms with Crippen LogP contribution in [0.1, 0.15) is 17.2 Å². The third-order valence-electron chi connectivity index (χ3n) is 2.19. The summed E-state index contributed by atoms with van der Waals surface area (Å²) in [5.74, 6) is -0.347. The zero-order chi connectivity index (χ0) is 10.7. The van der Waals surface area contributed by atoms with Gasteiger partial charge in [-0.05, 0) is 35.4 Å². The van der Waals surface area contributed by atoms with Gasteiger partial charge in [-0.1, -0.05) is 12.1 Å². The van der Waals surface area contributed by atoms with Crippen molar-refractivity contribution in [3.8, 4) is 0 Å². The van der Waals surface area contributed by atoms with Gasteiger partial charge in [0.15, 0.2) is 0 Å². The van der Waals surface area contributed by atoms with Crippen molar-refractivity contribution in [2.75, 3.05) is 0 Å². The summed E-state index contributed by atoms with van der Waals surface area (Å²) in [6, 6.07) is 9.35. The number of halogens is 1. The molecule has 0 aliphatic rings. The summed E-state index contributed by atoms with van der Waals surface area (Å²) in [6.07, 6.45) is 2.39. The van der Waals surface area contributed by atoms with E-state index in [9.17, 15) is 9.50 Å². The Kier molecular flexibility index (Phi) is 2.74. The van der Waals surface area contributed by atoms with E-state index in [0.717, 1.165) is 0 Å². The molecule has 1 N–H and O–H groups in total. The van der Waals surface area contributed by atoms with Crippen molar-refractivity contribution in [3.63, 3.8) is 0 Å². The first kappa shape index (κ1) is 9.80. The molecular weight excluding hydrogens is 193 g/mol. The highest BCUT2D eigenvalue weighted by Crippen LogP contribution is 2.21. The van der Waals surface area contributed by atoms with Gasteiger partial charge in [-0.2, -0.15) is 0 Å². The van der Waals surface area contributed by atoms with Crippen LogP contribution in [0.5, 0.6) is 0 Å². The first-order chi connectivity index (χ1) is 7.27. The number of aliphatic hydroxyl groups excluding tert-OH is 1. The van der Waals surface area contributed by atoms with Gasteiger partial charge in [0.05, 0.1) is 0 Å². The van der Waals surface area contributed by atoms with Gasteiger partial charge < -0.3 is 5.11 Å². The standard InChI is InChI=1S/C12H10FNO/c13-11-3-1-2-10(8-11)12(15)9-4-6-14-7-5-9/h1-8,12,15H. The van der Waals surface area contributed by atoms with Crippen LogP contribution in [-0.4, -0.2) is 10.1 Å². The summed E-state index contributed by atoms with van der Waals surface area (Å²) in [7, 11) is 0. The number of hydrogen-bond donors (Lipinski definition) is 1. The van der Waals surface area contributed by atoms with Crippen LogP contribution in [0.3, 0.4) is 0 Å². The summed E-state index contributed by atoms with van der Waals surface area (Å²) in [5.41, 5.74) is 1.25. The molecule has 1 heterocycles. The van der Waals surface area contributed by atoms with Crippen molar-refractivity contribution in [2.24, 2.45) is 0 Å². The van der Waals surface area contributed by atoms with Crippen LogP contribution >= 0.6 is 0 Å². The molecule has 15 heavy (non-hydrogen) atoms. The second-order valence-corrected chi connectivity index (χ2v) is 3.24. The average molecular weight is 203 g/mol. The largest absolute Gasteiger partial charge is 0.384 e. The molecule has 0 amide bonds. The zero-order valence-electron chi connectivity index (χ0n) is 7.97. The van der Waals surface area contributed by atoms with E-state index < -0.39 is 6.10 Å². The van der Waals surface area contributed by atoms with E-state index in [1.54, 1.807) is 36.7 Å². The number of benzene rings is 1. The fourth-order valence-corrected chi connectivity index (χ4v) is 1.41. The molecular formula is C12H10FNO. The Labute approximate surface area is 87.0 Å². The number of pyridine rings is 1. The van der Waals surface area contributed by atoms with Crippen molar-refractivity contribution in [1.82, 2.24) is 4.98 Å². The van der Waals surface area contributed by atoms with Gasteiger partial charge in [0.2, 0.25) is 0 Å². The molecule has 0 saturated carbocycles.